The lowest BCUT2D eigenvalue weighted by molar-refractivity contribution is -0.383. The van der Waals surface area contributed by atoms with E-state index in [0.717, 1.165) is 19.7 Å². The summed E-state index contributed by atoms with van der Waals surface area (Å²) in [7, 11) is 0. The number of nitrogens with one attached hydrogen (secondary N) is 1. The summed E-state index contributed by atoms with van der Waals surface area (Å²) in [5.41, 5.74) is 1.28. The molecule has 0 amide bonds. The highest BCUT2D eigenvalue weighted by molar-refractivity contribution is 9.11. The number of fused-ring (bicyclic) bond motifs is 1. The molecule has 0 unspecified atom stereocenters. The second kappa shape index (κ2) is 5.03. The molecule has 0 fully saturated rings. The van der Waals surface area contributed by atoms with E-state index in [0.29, 0.717) is 12.2 Å². The van der Waals surface area contributed by atoms with Gasteiger partial charge in [-0.25, -0.2) is 4.98 Å². The maximum absolute atomic E-state index is 11.0. The van der Waals surface area contributed by atoms with Gasteiger partial charge in [0, 0.05) is 17.1 Å². The summed E-state index contributed by atoms with van der Waals surface area (Å²) in [6, 6.07) is 3.26. The molecule has 7 heteroatoms. The molecule has 0 radical (unpaired) electrons. The number of hydrogen-bond acceptors (Lipinski definition) is 5. The molecule has 1 N–H and O–H groups in total. The van der Waals surface area contributed by atoms with Crippen molar-refractivity contribution in [2.75, 3.05) is 11.9 Å². The molecular weight excluding hydrogens is 318 g/mol. The van der Waals surface area contributed by atoms with Crippen LogP contribution < -0.4 is 5.32 Å². The minimum Gasteiger partial charge on any atom is -0.375 e. The zero-order valence-electron chi connectivity index (χ0n) is 9.57. The number of benzene rings is 1. The molecule has 0 aliphatic carbocycles. The highest BCUT2D eigenvalue weighted by Crippen LogP contribution is 2.33. The number of halogens is 1. The Hall–Kier alpha value is -1.47. The van der Waals surface area contributed by atoms with Crippen LogP contribution in [0.3, 0.4) is 0 Å². The maximum Gasteiger partial charge on any atom is 0.293 e. The molecule has 0 saturated carbocycles. The van der Waals surface area contributed by atoms with Gasteiger partial charge in [-0.15, -0.1) is 11.3 Å². The van der Waals surface area contributed by atoms with Gasteiger partial charge in [-0.3, -0.25) is 10.1 Å². The predicted molar refractivity (Wildman–Crippen MR) is 77.6 cm³/mol. The van der Waals surface area contributed by atoms with Crippen LogP contribution in [0, 0.1) is 17.0 Å². The number of hydrogen-bond donors (Lipinski definition) is 1. The van der Waals surface area contributed by atoms with Gasteiger partial charge in [0.05, 0.1) is 20.1 Å². The van der Waals surface area contributed by atoms with Gasteiger partial charge < -0.3 is 5.32 Å². The number of nitro groups is 1. The van der Waals surface area contributed by atoms with Gasteiger partial charge in [0.15, 0.2) is 0 Å². The van der Waals surface area contributed by atoms with E-state index in [4.69, 9.17) is 0 Å². The van der Waals surface area contributed by atoms with Gasteiger partial charge in [0.2, 0.25) is 0 Å². The first-order valence-electron chi connectivity index (χ1n) is 5.10. The third-order valence-corrected chi connectivity index (χ3v) is 3.49. The number of thiazole rings is 1. The molecule has 2 aromatic rings. The number of aromatic nitrogens is 1. The van der Waals surface area contributed by atoms with Crippen molar-refractivity contribution < 1.29 is 4.92 Å². The molecule has 0 bridgehead atoms. The number of anilines is 1. The van der Waals surface area contributed by atoms with Crippen molar-refractivity contribution in [2.45, 2.75) is 6.92 Å². The third kappa shape index (κ3) is 2.68. The van der Waals surface area contributed by atoms with Gasteiger partial charge in [0.1, 0.15) is 5.69 Å². The van der Waals surface area contributed by atoms with E-state index in [1.54, 1.807) is 12.1 Å². The van der Waals surface area contributed by atoms with Crippen LogP contribution >= 0.6 is 27.3 Å². The predicted octanol–water partition coefficient (Wildman–Crippen LogP) is 3.83. The van der Waals surface area contributed by atoms with E-state index in [2.05, 4.69) is 32.8 Å². The molecule has 1 aromatic carbocycles. The molecule has 18 heavy (non-hydrogen) atoms. The van der Waals surface area contributed by atoms with E-state index in [1.807, 2.05) is 6.92 Å². The first kappa shape index (κ1) is 13.0. The monoisotopic (exact) mass is 327 g/mol. The minimum absolute atomic E-state index is 0.0555. The van der Waals surface area contributed by atoms with Crippen LogP contribution in [0.25, 0.3) is 10.2 Å². The zero-order chi connectivity index (χ0) is 13.3. The van der Waals surface area contributed by atoms with Crippen LogP contribution in [0.15, 0.2) is 23.2 Å². The Bertz CT molecular complexity index is 638. The highest BCUT2D eigenvalue weighted by atomic mass is 79.9. The summed E-state index contributed by atoms with van der Waals surface area (Å²) >= 11 is 4.65. The highest BCUT2D eigenvalue weighted by Gasteiger charge is 2.16. The second-order valence-corrected chi connectivity index (χ2v) is 6.05. The summed E-state index contributed by atoms with van der Waals surface area (Å²) in [5.74, 6) is 0. The fourth-order valence-corrected chi connectivity index (χ4v) is 2.54. The molecule has 2 rings (SSSR count). The lowest BCUT2D eigenvalue weighted by Crippen LogP contribution is -2.03. The lowest BCUT2D eigenvalue weighted by atomic mass is 10.2. The van der Waals surface area contributed by atoms with Crippen molar-refractivity contribution in [2.24, 2.45) is 0 Å². The minimum atomic E-state index is -0.395. The molecule has 1 aromatic heterocycles. The van der Waals surface area contributed by atoms with Gasteiger partial charge in [-0.2, -0.15) is 0 Å². The van der Waals surface area contributed by atoms with E-state index in [1.165, 1.54) is 11.3 Å². The van der Waals surface area contributed by atoms with Crippen molar-refractivity contribution in [1.82, 2.24) is 4.98 Å². The average Bonchev–Trinajstić information content (AvgIpc) is 2.63. The van der Waals surface area contributed by atoms with Crippen LogP contribution in [-0.2, 0) is 0 Å². The van der Waals surface area contributed by atoms with Crippen LogP contribution in [0.1, 0.15) is 5.01 Å². The first-order valence-corrected chi connectivity index (χ1v) is 6.71. The Labute approximate surface area is 116 Å². The number of rotatable bonds is 4. The Balaban J connectivity index is 2.50. The second-order valence-electron chi connectivity index (χ2n) is 3.70. The lowest BCUT2D eigenvalue weighted by Gasteiger charge is -2.05. The largest absolute Gasteiger partial charge is 0.375 e. The van der Waals surface area contributed by atoms with E-state index >= 15 is 0 Å². The van der Waals surface area contributed by atoms with E-state index < -0.39 is 4.92 Å². The summed E-state index contributed by atoms with van der Waals surface area (Å²) in [6.07, 6.45) is 0. The SMILES string of the molecule is C=C(Br)CNc1cc2nc(C)sc2cc1[N+](=O)[O-]. The fraction of sp³-hybridized carbons (Fsp3) is 0.182. The van der Waals surface area contributed by atoms with Gasteiger partial charge in [-0.1, -0.05) is 22.5 Å². The molecule has 94 valence electrons. The molecule has 0 saturated heterocycles. The van der Waals surface area contributed by atoms with Crippen molar-refractivity contribution in [3.8, 4) is 0 Å². The van der Waals surface area contributed by atoms with Crippen LogP contribution in [0.2, 0.25) is 0 Å². The number of nitrogens with zero attached hydrogens (tertiary/aromatic N) is 2. The van der Waals surface area contributed by atoms with Crippen LogP contribution in [0.4, 0.5) is 11.4 Å². The summed E-state index contributed by atoms with van der Waals surface area (Å²) in [5, 5.41) is 14.9. The van der Waals surface area contributed by atoms with Crippen LogP contribution in [-0.4, -0.2) is 16.5 Å². The molecule has 0 spiro atoms. The number of aryl methyl sites for hydroxylation is 1. The molecular formula is C11H10BrN3O2S. The van der Waals surface area contributed by atoms with Gasteiger partial charge in [-0.05, 0) is 13.0 Å². The maximum atomic E-state index is 11.0. The van der Waals surface area contributed by atoms with Crippen molar-refractivity contribution in [3.05, 3.63) is 38.3 Å². The summed E-state index contributed by atoms with van der Waals surface area (Å²) in [4.78, 5) is 15.0. The zero-order valence-corrected chi connectivity index (χ0v) is 12.0. The molecule has 5 nitrogen and oxygen atoms in total. The van der Waals surface area contributed by atoms with E-state index in [9.17, 15) is 10.1 Å². The summed E-state index contributed by atoms with van der Waals surface area (Å²) in [6.45, 7) is 5.99. The molecule has 0 atom stereocenters. The first-order chi connectivity index (χ1) is 8.47. The fourth-order valence-electron chi connectivity index (χ4n) is 1.56. The Morgan fingerprint density at radius 1 is 1.67 bits per heavy atom. The Morgan fingerprint density at radius 3 is 3.00 bits per heavy atom. The average molecular weight is 328 g/mol. The smallest absolute Gasteiger partial charge is 0.293 e. The van der Waals surface area contributed by atoms with Crippen LogP contribution in [0.5, 0.6) is 0 Å². The van der Waals surface area contributed by atoms with Crippen molar-refractivity contribution >= 4 is 48.9 Å². The third-order valence-electron chi connectivity index (χ3n) is 2.28. The van der Waals surface area contributed by atoms with Crippen molar-refractivity contribution in [1.29, 1.82) is 0 Å². The topological polar surface area (TPSA) is 68.1 Å². The van der Waals surface area contributed by atoms with Gasteiger partial charge in [0.25, 0.3) is 5.69 Å². The number of nitro benzene ring substituents is 1. The van der Waals surface area contributed by atoms with Gasteiger partial charge >= 0.3 is 0 Å². The van der Waals surface area contributed by atoms with Crippen molar-refractivity contribution in [3.63, 3.8) is 0 Å². The quantitative estimate of drug-likeness (QED) is 0.684. The standard InChI is InChI=1S/C11H10BrN3O2S/c1-6(12)5-13-8-3-9-11(18-7(2)14-9)4-10(8)15(16)17/h3-4,13H,1,5H2,2H3. The Kier molecular flexibility index (Phi) is 3.63. The molecule has 0 aliphatic heterocycles. The molecule has 1 heterocycles. The normalized spacial score (nSPS) is 10.6. The Morgan fingerprint density at radius 2 is 2.39 bits per heavy atom. The van der Waals surface area contributed by atoms with E-state index in [-0.39, 0.29) is 5.69 Å². The molecule has 0 aliphatic rings. The summed E-state index contributed by atoms with van der Waals surface area (Å²) < 4.78 is 1.55.